The Morgan fingerprint density at radius 2 is 1.67 bits per heavy atom. The van der Waals surface area contributed by atoms with Crippen LogP contribution in [-0.2, 0) is 0 Å². The van der Waals surface area contributed by atoms with Gasteiger partial charge in [-0.15, -0.1) is 0 Å². The molecule has 1 N–H and O–H groups in total. The van der Waals surface area contributed by atoms with Gasteiger partial charge in [0.2, 0.25) is 0 Å². The second kappa shape index (κ2) is 4.18. The summed E-state index contributed by atoms with van der Waals surface area (Å²) in [5.74, 6) is -1.18. The first kappa shape index (κ1) is 12.6. The third kappa shape index (κ3) is 2.55. The lowest BCUT2D eigenvalue weighted by Gasteiger charge is -2.27. The maximum atomic E-state index is 13.5. The molecule has 0 fully saturated rings. The van der Waals surface area contributed by atoms with E-state index in [1.807, 2.05) is 0 Å². The topological polar surface area (TPSA) is 20.2 Å². The van der Waals surface area contributed by atoms with Gasteiger partial charge in [-0.1, -0.05) is 20.8 Å². The molecule has 1 atom stereocenters. The Hall–Kier alpha value is -0.480. The first-order valence-electron chi connectivity index (χ1n) is 4.56. The van der Waals surface area contributed by atoms with Crippen molar-refractivity contribution in [3.8, 4) is 0 Å². The highest BCUT2D eigenvalue weighted by molar-refractivity contribution is 9.10. The molecular weight excluding hydrogens is 266 g/mol. The third-order valence-electron chi connectivity index (χ3n) is 2.17. The van der Waals surface area contributed by atoms with E-state index < -0.39 is 23.2 Å². The molecule has 4 heteroatoms. The van der Waals surface area contributed by atoms with Crippen LogP contribution >= 0.6 is 15.9 Å². The lowest BCUT2D eigenvalue weighted by atomic mass is 9.84. The number of aliphatic hydroxyl groups excluding tert-OH is 1. The Balaban J connectivity index is 3.31. The van der Waals surface area contributed by atoms with Crippen LogP contribution in [-0.4, -0.2) is 5.11 Å². The smallest absolute Gasteiger partial charge is 0.137 e. The van der Waals surface area contributed by atoms with E-state index in [2.05, 4.69) is 15.9 Å². The SMILES string of the molecule is CC(C)(C)C(O)c1c(F)ccc(F)c1Br. The predicted octanol–water partition coefficient (Wildman–Crippen LogP) is 3.81. The van der Waals surface area contributed by atoms with Crippen LogP contribution in [0.25, 0.3) is 0 Å². The molecule has 0 aliphatic heterocycles. The molecule has 0 spiro atoms. The first-order chi connectivity index (χ1) is 6.75. The van der Waals surface area contributed by atoms with Crippen molar-refractivity contribution in [1.29, 1.82) is 0 Å². The molecule has 0 amide bonds. The van der Waals surface area contributed by atoms with E-state index >= 15 is 0 Å². The van der Waals surface area contributed by atoms with Gasteiger partial charge in [-0.3, -0.25) is 0 Å². The fourth-order valence-electron chi connectivity index (χ4n) is 1.23. The monoisotopic (exact) mass is 278 g/mol. The molecule has 15 heavy (non-hydrogen) atoms. The molecule has 1 rings (SSSR count). The van der Waals surface area contributed by atoms with Crippen LogP contribution < -0.4 is 0 Å². The van der Waals surface area contributed by atoms with E-state index in [-0.39, 0.29) is 10.0 Å². The van der Waals surface area contributed by atoms with Gasteiger partial charge in [0.05, 0.1) is 10.6 Å². The van der Waals surface area contributed by atoms with Crippen molar-refractivity contribution in [2.75, 3.05) is 0 Å². The first-order valence-corrected chi connectivity index (χ1v) is 5.36. The fourth-order valence-corrected chi connectivity index (χ4v) is 1.76. The predicted molar refractivity (Wildman–Crippen MR) is 58.5 cm³/mol. The van der Waals surface area contributed by atoms with Crippen LogP contribution in [0.3, 0.4) is 0 Å². The van der Waals surface area contributed by atoms with Crippen LogP contribution in [0.5, 0.6) is 0 Å². The summed E-state index contributed by atoms with van der Waals surface area (Å²) in [4.78, 5) is 0. The van der Waals surface area contributed by atoms with Crippen molar-refractivity contribution in [3.63, 3.8) is 0 Å². The number of rotatable bonds is 1. The molecule has 0 heterocycles. The molecular formula is C11H13BrF2O. The second-order valence-electron chi connectivity index (χ2n) is 4.53. The van der Waals surface area contributed by atoms with E-state index in [4.69, 9.17) is 0 Å². The summed E-state index contributed by atoms with van der Waals surface area (Å²) < 4.78 is 26.6. The van der Waals surface area contributed by atoms with Crippen LogP contribution in [0.4, 0.5) is 8.78 Å². The lowest BCUT2D eigenvalue weighted by molar-refractivity contribution is 0.0584. The molecule has 0 saturated carbocycles. The molecule has 1 unspecified atom stereocenters. The van der Waals surface area contributed by atoms with Gasteiger partial charge in [-0.2, -0.15) is 0 Å². The van der Waals surface area contributed by atoms with Gasteiger partial charge in [0.1, 0.15) is 11.6 Å². The normalized spacial score (nSPS) is 14.1. The Morgan fingerprint density at radius 1 is 1.20 bits per heavy atom. The average molecular weight is 279 g/mol. The van der Waals surface area contributed by atoms with Crippen molar-refractivity contribution in [2.24, 2.45) is 5.41 Å². The van der Waals surface area contributed by atoms with E-state index in [1.54, 1.807) is 20.8 Å². The molecule has 0 aromatic heterocycles. The quantitative estimate of drug-likeness (QED) is 0.775. The molecule has 0 aliphatic carbocycles. The Bertz CT molecular complexity index is 372. The number of aliphatic hydroxyl groups is 1. The summed E-state index contributed by atoms with van der Waals surface area (Å²) in [7, 11) is 0. The van der Waals surface area contributed by atoms with Gasteiger partial charge in [0.15, 0.2) is 0 Å². The molecule has 0 saturated heterocycles. The van der Waals surface area contributed by atoms with E-state index in [0.29, 0.717) is 0 Å². The number of hydrogen-bond acceptors (Lipinski definition) is 1. The van der Waals surface area contributed by atoms with Crippen molar-refractivity contribution in [2.45, 2.75) is 26.9 Å². The van der Waals surface area contributed by atoms with Gasteiger partial charge in [0, 0.05) is 5.56 Å². The van der Waals surface area contributed by atoms with Gasteiger partial charge in [-0.05, 0) is 33.5 Å². The maximum absolute atomic E-state index is 13.5. The lowest BCUT2D eigenvalue weighted by Crippen LogP contribution is -2.19. The number of halogens is 3. The van der Waals surface area contributed by atoms with Gasteiger partial charge < -0.3 is 5.11 Å². The van der Waals surface area contributed by atoms with Crippen LogP contribution in [0, 0.1) is 17.0 Å². The second-order valence-corrected chi connectivity index (χ2v) is 5.32. The molecule has 0 radical (unpaired) electrons. The average Bonchev–Trinajstić information content (AvgIpc) is 2.10. The van der Waals surface area contributed by atoms with Crippen molar-refractivity contribution in [3.05, 3.63) is 33.8 Å². The molecule has 0 aliphatic rings. The maximum Gasteiger partial charge on any atom is 0.137 e. The van der Waals surface area contributed by atoms with Gasteiger partial charge in [0.25, 0.3) is 0 Å². The molecule has 1 aromatic rings. The minimum atomic E-state index is -1.05. The Labute approximate surface area is 96.2 Å². The molecule has 84 valence electrons. The number of hydrogen-bond donors (Lipinski definition) is 1. The van der Waals surface area contributed by atoms with Crippen LogP contribution in [0.1, 0.15) is 32.4 Å². The summed E-state index contributed by atoms with van der Waals surface area (Å²) in [5, 5.41) is 9.91. The van der Waals surface area contributed by atoms with E-state index in [0.717, 1.165) is 12.1 Å². The summed E-state index contributed by atoms with van der Waals surface area (Å²) in [6, 6.07) is 2.04. The third-order valence-corrected chi connectivity index (χ3v) is 2.98. The summed E-state index contributed by atoms with van der Waals surface area (Å²) in [6.45, 7) is 5.28. The Morgan fingerprint density at radius 3 is 2.13 bits per heavy atom. The van der Waals surface area contributed by atoms with Gasteiger partial charge >= 0.3 is 0 Å². The van der Waals surface area contributed by atoms with Crippen molar-refractivity contribution >= 4 is 15.9 Å². The molecule has 1 nitrogen and oxygen atoms in total. The van der Waals surface area contributed by atoms with Gasteiger partial charge in [-0.25, -0.2) is 8.78 Å². The summed E-state index contributed by atoms with van der Waals surface area (Å²) >= 11 is 2.95. The minimum Gasteiger partial charge on any atom is -0.388 e. The standard InChI is InChI=1S/C11H13BrF2O/c1-11(2,3)10(15)8-6(13)4-5-7(14)9(8)12/h4-5,10,15H,1-3H3. The van der Waals surface area contributed by atoms with Crippen molar-refractivity contribution < 1.29 is 13.9 Å². The zero-order valence-corrected chi connectivity index (χ0v) is 10.4. The van der Waals surface area contributed by atoms with E-state index in [1.165, 1.54) is 0 Å². The largest absolute Gasteiger partial charge is 0.388 e. The zero-order chi connectivity index (χ0) is 11.8. The highest BCUT2D eigenvalue weighted by Crippen LogP contribution is 2.38. The fraction of sp³-hybridized carbons (Fsp3) is 0.455. The minimum absolute atomic E-state index is 0.00933. The highest BCUT2D eigenvalue weighted by Gasteiger charge is 2.29. The summed E-state index contributed by atoms with van der Waals surface area (Å²) in [6.07, 6.45) is -1.05. The molecule has 1 aromatic carbocycles. The van der Waals surface area contributed by atoms with Crippen molar-refractivity contribution in [1.82, 2.24) is 0 Å². The number of benzene rings is 1. The Kier molecular flexibility index (Phi) is 3.51. The van der Waals surface area contributed by atoms with E-state index in [9.17, 15) is 13.9 Å². The van der Waals surface area contributed by atoms with Crippen LogP contribution in [0.15, 0.2) is 16.6 Å². The molecule has 0 bridgehead atoms. The van der Waals surface area contributed by atoms with Crippen LogP contribution in [0.2, 0.25) is 0 Å². The summed E-state index contributed by atoms with van der Waals surface area (Å²) in [5.41, 5.74) is -0.570. The highest BCUT2D eigenvalue weighted by atomic mass is 79.9. The zero-order valence-electron chi connectivity index (χ0n) is 8.81.